The molecule has 0 bridgehead atoms. The number of sulfone groups is 1. The number of benzene rings is 1. The van der Waals surface area contributed by atoms with E-state index in [1.807, 2.05) is 6.92 Å². The van der Waals surface area contributed by atoms with E-state index < -0.39 is 27.0 Å². The molecule has 1 atom stereocenters. The number of hydrogen-bond donors (Lipinski definition) is 1. The predicted octanol–water partition coefficient (Wildman–Crippen LogP) is 1.93. The minimum atomic E-state index is -4.30. The molecule has 0 spiro atoms. The Labute approximate surface area is 191 Å². The quantitative estimate of drug-likeness (QED) is 0.645. The minimum Gasteiger partial charge on any atom is -0.459 e. The van der Waals surface area contributed by atoms with Crippen molar-refractivity contribution in [3.05, 3.63) is 53.4 Å². The SMILES string of the molecule is CCCC(=O)N1CCN(C(=O)[C@@H](NC(=O)c2ccco2)S(=O)(=O)c2ccc(Cl)cc2)CC1. The van der Waals surface area contributed by atoms with Crippen molar-refractivity contribution in [3.8, 4) is 0 Å². The fourth-order valence-corrected chi connectivity index (χ4v) is 4.93. The van der Waals surface area contributed by atoms with Crippen molar-refractivity contribution in [3.63, 3.8) is 0 Å². The molecule has 1 aromatic heterocycles. The first-order chi connectivity index (χ1) is 15.2. The Morgan fingerprint density at radius 2 is 1.69 bits per heavy atom. The molecule has 0 radical (unpaired) electrons. The van der Waals surface area contributed by atoms with Gasteiger partial charge in [0.15, 0.2) is 5.76 Å². The lowest BCUT2D eigenvalue weighted by Gasteiger charge is -2.36. The molecule has 1 aliphatic heterocycles. The van der Waals surface area contributed by atoms with Gasteiger partial charge in [-0.2, -0.15) is 0 Å². The van der Waals surface area contributed by atoms with Crippen LogP contribution in [-0.2, 0) is 19.4 Å². The largest absolute Gasteiger partial charge is 0.459 e. The summed E-state index contributed by atoms with van der Waals surface area (Å²) in [6.07, 6.45) is 2.41. The van der Waals surface area contributed by atoms with Crippen LogP contribution in [0.4, 0.5) is 0 Å². The van der Waals surface area contributed by atoms with Gasteiger partial charge in [0.2, 0.25) is 21.1 Å². The Morgan fingerprint density at radius 1 is 1.06 bits per heavy atom. The van der Waals surface area contributed by atoms with Gasteiger partial charge in [-0.25, -0.2) is 8.42 Å². The second-order valence-electron chi connectivity index (χ2n) is 7.29. The highest BCUT2D eigenvalue weighted by atomic mass is 35.5. The molecule has 0 aliphatic carbocycles. The van der Waals surface area contributed by atoms with E-state index in [-0.39, 0.29) is 29.7 Å². The van der Waals surface area contributed by atoms with E-state index in [1.54, 1.807) is 4.90 Å². The lowest BCUT2D eigenvalue weighted by Crippen LogP contribution is -2.57. The zero-order chi connectivity index (χ0) is 23.3. The van der Waals surface area contributed by atoms with Crippen molar-refractivity contribution in [1.82, 2.24) is 15.1 Å². The third-order valence-corrected chi connectivity index (χ3v) is 7.21. The maximum absolute atomic E-state index is 13.3. The van der Waals surface area contributed by atoms with Crippen LogP contribution in [0, 0.1) is 0 Å². The van der Waals surface area contributed by atoms with Crippen LogP contribution in [0.15, 0.2) is 52.0 Å². The summed E-state index contributed by atoms with van der Waals surface area (Å²) < 4.78 is 31.6. The summed E-state index contributed by atoms with van der Waals surface area (Å²) in [4.78, 5) is 40.7. The first-order valence-corrected chi connectivity index (χ1v) is 12.1. The van der Waals surface area contributed by atoms with Crippen LogP contribution in [-0.4, -0.2) is 67.5 Å². The minimum absolute atomic E-state index is 0.00365. The number of nitrogens with zero attached hydrogens (tertiary/aromatic N) is 2. The van der Waals surface area contributed by atoms with Crippen molar-refractivity contribution >= 4 is 39.2 Å². The number of carbonyl (C=O) groups excluding carboxylic acids is 3. The average Bonchev–Trinajstić information content (AvgIpc) is 3.32. The normalized spacial score (nSPS) is 15.3. The standard InChI is InChI=1S/C21H24ClN3O6S/c1-2-4-18(26)24-10-12-25(13-11-24)21(28)20(23-19(27)17-5-3-14-31-17)32(29,30)16-8-6-15(22)7-9-16/h3,5-9,14,20H,2,4,10-13H2,1H3,(H,23,27)/t20-/m0/s1. The van der Waals surface area contributed by atoms with Crippen LogP contribution in [0.25, 0.3) is 0 Å². The van der Waals surface area contributed by atoms with Gasteiger partial charge in [-0.15, -0.1) is 0 Å². The Morgan fingerprint density at radius 3 is 2.25 bits per heavy atom. The monoisotopic (exact) mass is 481 g/mol. The molecule has 2 heterocycles. The van der Waals surface area contributed by atoms with Crippen molar-refractivity contribution in [1.29, 1.82) is 0 Å². The molecule has 32 heavy (non-hydrogen) atoms. The molecular weight excluding hydrogens is 458 g/mol. The van der Waals surface area contributed by atoms with Gasteiger partial charge in [0.25, 0.3) is 11.8 Å². The summed E-state index contributed by atoms with van der Waals surface area (Å²) in [5, 5.41) is 0.770. The molecule has 0 saturated carbocycles. The first kappa shape index (κ1) is 23.8. The lowest BCUT2D eigenvalue weighted by molar-refractivity contribution is -0.139. The van der Waals surface area contributed by atoms with Gasteiger partial charge in [0, 0.05) is 37.6 Å². The molecule has 11 heteroatoms. The summed E-state index contributed by atoms with van der Waals surface area (Å²) in [5.41, 5.74) is 0. The van der Waals surface area contributed by atoms with Gasteiger partial charge >= 0.3 is 0 Å². The zero-order valence-electron chi connectivity index (χ0n) is 17.5. The van der Waals surface area contributed by atoms with E-state index in [9.17, 15) is 22.8 Å². The van der Waals surface area contributed by atoms with Crippen LogP contribution in [0.5, 0.6) is 0 Å². The van der Waals surface area contributed by atoms with E-state index in [0.29, 0.717) is 24.5 Å². The van der Waals surface area contributed by atoms with Gasteiger partial charge in [0.05, 0.1) is 11.2 Å². The van der Waals surface area contributed by atoms with Crippen LogP contribution >= 0.6 is 11.6 Å². The molecule has 1 saturated heterocycles. The smallest absolute Gasteiger partial charge is 0.288 e. The number of piperazine rings is 1. The Kier molecular flexibility index (Phi) is 7.57. The second kappa shape index (κ2) is 10.2. The third-order valence-electron chi connectivity index (χ3n) is 5.09. The van der Waals surface area contributed by atoms with Crippen molar-refractivity contribution < 1.29 is 27.2 Å². The number of nitrogens with one attached hydrogen (secondary N) is 1. The number of halogens is 1. The summed E-state index contributed by atoms with van der Waals surface area (Å²) in [7, 11) is -4.30. The highest BCUT2D eigenvalue weighted by molar-refractivity contribution is 7.92. The fraction of sp³-hybridized carbons (Fsp3) is 0.381. The zero-order valence-corrected chi connectivity index (χ0v) is 19.1. The number of hydrogen-bond acceptors (Lipinski definition) is 6. The summed E-state index contributed by atoms with van der Waals surface area (Å²) in [5.74, 6) is -1.73. The Hall–Kier alpha value is -2.85. The molecule has 2 aromatic rings. The van der Waals surface area contributed by atoms with Gasteiger partial charge < -0.3 is 19.5 Å². The molecule has 0 unspecified atom stereocenters. The Balaban J connectivity index is 1.84. The summed E-state index contributed by atoms with van der Waals surface area (Å²) in [6.45, 7) is 2.83. The summed E-state index contributed by atoms with van der Waals surface area (Å²) >= 11 is 5.85. The van der Waals surface area contributed by atoms with E-state index in [0.717, 1.165) is 6.42 Å². The average molecular weight is 482 g/mol. The number of rotatable bonds is 7. The van der Waals surface area contributed by atoms with Gasteiger partial charge in [-0.05, 0) is 42.8 Å². The third kappa shape index (κ3) is 5.31. The van der Waals surface area contributed by atoms with Gasteiger partial charge in [-0.1, -0.05) is 18.5 Å². The van der Waals surface area contributed by atoms with Crippen molar-refractivity contribution in [2.75, 3.05) is 26.2 Å². The number of amides is 3. The highest BCUT2D eigenvalue weighted by Crippen LogP contribution is 2.20. The van der Waals surface area contributed by atoms with Crippen LogP contribution in [0.1, 0.15) is 30.3 Å². The molecule has 1 fully saturated rings. The molecule has 9 nitrogen and oxygen atoms in total. The Bertz CT molecular complexity index is 1060. The van der Waals surface area contributed by atoms with Crippen molar-refractivity contribution in [2.24, 2.45) is 0 Å². The second-order valence-corrected chi connectivity index (χ2v) is 9.76. The molecule has 172 valence electrons. The maximum Gasteiger partial charge on any atom is 0.288 e. The van der Waals surface area contributed by atoms with E-state index in [4.69, 9.17) is 16.0 Å². The van der Waals surface area contributed by atoms with E-state index in [2.05, 4.69) is 5.32 Å². The number of carbonyl (C=O) groups is 3. The van der Waals surface area contributed by atoms with Gasteiger partial charge in [-0.3, -0.25) is 14.4 Å². The predicted molar refractivity (Wildman–Crippen MR) is 117 cm³/mol. The highest BCUT2D eigenvalue weighted by Gasteiger charge is 2.40. The van der Waals surface area contributed by atoms with Crippen LogP contribution in [0.3, 0.4) is 0 Å². The van der Waals surface area contributed by atoms with Crippen LogP contribution in [0.2, 0.25) is 5.02 Å². The molecule has 3 amide bonds. The topological polar surface area (TPSA) is 117 Å². The first-order valence-electron chi connectivity index (χ1n) is 10.1. The summed E-state index contributed by atoms with van der Waals surface area (Å²) in [6, 6.07) is 8.18. The van der Waals surface area contributed by atoms with Crippen LogP contribution < -0.4 is 5.32 Å². The molecule has 1 aromatic carbocycles. The lowest BCUT2D eigenvalue weighted by atomic mass is 10.2. The number of furan rings is 1. The molecule has 1 N–H and O–H groups in total. The molecule has 1 aliphatic rings. The maximum atomic E-state index is 13.3. The van der Waals surface area contributed by atoms with Gasteiger partial charge in [0.1, 0.15) is 0 Å². The fourth-order valence-electron chi connectivity index (χ4n) is 3.34. The molecular formula is C21H24ClN3O6S. The van der Waals surface area contributed by atoms with Crippen molar-refractivity contribution in [2.45, 2.75) is 30.0 Å². The van der Waals surface area contributed by atoms with E-state index >= 15 is 0 Å². The van der Waals surface area contributed by atoms with E-state index in [1.165, 1.54) is 47.6 Å². The molecule has 3 rings (SSSR count).